The molecule has 5 heterocycles. The summed E-state index contributed by atoms with van der Waals surface area (Å²) in [6.07, 6.45) is -0.805. The lowest BCUT2D eigenvalue weighted by atomic mass is 10.1. The van der Waals surface area contributed by atoms with Crippen molar-refractivity contribution in [2.24, 2.45) is 0 Å². The average molecular weight is 739 g/mol. The molecular formula is C35H41F3N10O5. The molecule has 4 aromatic rings. The number of aryl methyl sites for hydroxylation is 2. The molecule has 2 saturated heterocycles. The zero-order chi connectivity index (χ0) is 37.2. The number of nitrogens with one attached hydrogen (secondary N) is 3. The standard InChI is InChI=1S/C35H41F3N10O5/c1-24-4-6-27(43-33(49)25-5-7-32(40-22-25)53-35(36,37)38)19-28(24)44-31-21-29(34(50)39-8-10-47-13-17-52-18-14-47)45-48(31)30-20-26(41-23-42-30)3-2-9-46-11-15-51-16-12-46/h4-7,19-23,44H,2-3,8-18H2,1H3,(H,39,50)(H,43,49). The quantitative estimate of drug-likeness (QED) is 0.173. The Morgan fingerprint density at radius 2 is 1.62 bits per heavy atom. The number of alkyl halides is 3. The Balaban J connectivity index is 1.19. The lowest BCUT2D eigenvalue weighted by Crippen LogP contribution is -2.41. The number of carbonyl (C=O) groups excluding carboxylic acids is 2. The molecule has 2 aliphatic heterocycles. The van der Waals surface area contributed by atoms with Gasteiger partial charge in [0.25, 0.3) is 11.8 Å². The first-order valence-electron chi connectivity index (χ1n) is 17.3. The summed E-state index contributed by atoms with van der Waals surface area (Å²) in [5.74, 6) is -0.713. The lowest BCUT2D eigenvalue weighted by Gasteiger charge is -2.26. The largest absolute Gasteiger partial charge is 0.574 e. The van der Waals surface area contributed by atoms with Crippen LogP contribution in [0.2, 0.25) is 0 Å². The van der Waals surface area contributed by atoms with Crippen LogP contribution in [0.25, 0.3) is 5.82 Å². The highest BCUT2D eigenvalue weighted by atomic mass is 19.4. The second kappa shape index (κ2) is 17.6. The van der Waals surface area contributed by atoms with Gasteiger partial charge in [-0.25, -0.2) is 15.0 Å². The smallest absolute Gasteiger partial charge is 0.388 e. The second-order valence-electron chi connectivity index (χ2n) is 12.5. The molecule has 0 atom stereocenters. The number of rotatable bonds is 14. The van der Waals surface area contributed by atoms with Gasteiger partial charge in [-0.05, 0) is 50.1 Å². The number of carbonyl (C=O) groups is 2. The number of benzene rings is 1. The number of ether oxygens (including phenoxy) is 3. The number of amides is 2. The third-order valence-corrected chi connectivity index (χ3v) is 8.67. The van der Waals surface area contributed by atoms with Crippen LogP contribution in [0.1, 0.15) is 38.5 Å². The summed E-state index contributed by atoms with van der Waals surface area (Å²) in [5, 5.41) is 13.7. The Hall–Kier alpha value is -5.17. The number of morpholine rings is 2. The van der Waals surface area contributed by atoms with E-state index in [2.05, 4.69) is 50.5 Å². The summed E-state index contributed by atoms with van der Waals surface area (Å²) in [7, 11) is 0. The van der Waals surface area contributed by atoms with Crippen LogP contribution in [-0.4, -0.2) is 125 Å². The van der Waals surface area contributed by atoms with Gasteiger partial charge in [-0.1, -0.05) is 6.07 Å². The van der Waals surface area contributed by atoms with Crippen LogP contribution in [0.3, 0.4) is 0 Å². The molecule has 0 aliphatic carbocycles. The van der Waals surface area contributed by atoms with E-state index in [-0.39, 0.29) is 17.2 Å². The van der Waals surface area contributed by atoms with Crippen LogP contribution in [-0.2, 0) is 15.9 Å². The Morgan fingerprint density at radius 1 is 0.887 bits per heavy atom. The van der Waals surface area contributed by atoms with Gasteiger partial charge in [0.15, 0.2) is 11.5 Å². The van der Waals surface area contributed by atoms with Crippen molar-refractivity contribution in [1.29, 1.82) is 0 Å². The van der Waals surface area contributed by atoms with Crippen LogP contribution in [0, 0.1) is 6.92 Å². The topological polar surface area (TPSA) is 161 Å². The van der Waals surface area contributed by atoms with E-state index in [1.807, 2.05) is 13.0 Å². The Labute approximate surface area is 303 Å². The minimum atomic E-state index is -4.90. The van der Waals surface area contributed by atoms with Crippen molar-refractivity contribution in [3.05, 3.63) is 77.5 Å². The van der Waals surface area contributed by atoms with Crippen LogP contribution < -0.4 is 20.7 Å². The number of aromatic nitrogens is 5. The van der Waals surface area contributed by atoms with Gasteiger partial charge in [-0.2, -0.15) is 9.78 Å². The Morgan fingerprint density at radius 3 is 2.32 bits per heavy atom. The van der Waals surface area contributed by atoms with Crippen molar-refractivity contribution < 1.29 is 37.0 Å². The highest BCUT2D eigenvalue weighted by molar-refractivity contribution is 6.04. The van der Waals surface area contributed by atoms with Gasteiger partial charge >= 0.3 is 6.36 Å². The second-order valence-corrected chi connectivity index (χ2v) is 12.5. The number of hydrogen-bond acceptors (Lipinski definition) is 12. The van der Waals surface area contributed by atoms with Crippen molar-refractivity contribution >= 4 is 29.0 Å². The number of nitrogens with zero attached hydrogens (tertiary/aromatic N) is 7. The molecule has 0 spiro atoms. The zero-order valence-corrected chi connectivity index (χ0v) is 29.2. The van der Waals surface area contributed by atoms with E-state index in [1.165, 1.54) is 12.4 Å². The number of pyridine rings is 1. The first-order chi connectivity index (χ1) is 25.6. The van der Waals surface area contributed by atoms with Crippen molar-refractivity contribution in [2.45, 2.75) is 26.1 Å². The molecule has 282 valence electrons. The molecule has 3 aromatic heterocycles. The van der Waals surface area contributed by atoms with Gasteiger partial charge in [-0.3, -0.25) is 19.4 Å². The normalized spacial score (nSPS) is 15.5. The monoisotopic (exact) mass is 738 g/mol. The van der Waals surface area contributed by atoms with Gasteiger partial charge in [0.05, 0.1) is 32.0 Å². The highest BCUT2D eigenvalue weighted by Gasteiger charge is 2.31. The van der Waals surface area contributed by atoms with Crippen molar-refractivity contribution in [3.8, 4) is 11.7 Å². The SMILES string of the molecule is Cc1ccc(NC(=O)c2ccc(OC(F)(F)F)nc2)cc1Nc1cc(C(=O)NCCN2CCOCC2)nn1-c1cc(CCCN2CCOCC2)ncn1. The molecule has 2 amide bonds. The fourth-order valence-electron chi connectivity index (χ4n) is 5.81. The van der Waals surface area contributed by atoms with Gasteiger partial charge in [-0.15, -0.1) is 13.2 Å². The maximum atomic E-state index is 13.3. The molecule has 3 N–H and O–H groups in total. The molecule has 0 unspecified atom stereocenters. The molecule has 0 radical (unpaired) electrons. The van der Waals surface area contributed by atoms with Gasteiger partial charge < -0.3 is 30.2 Å². The number of anilines is 3. The summed E-state index contributed by atoms with van der Waals surface area (Å²) in [6, 6.07) is 10.8. The fourth-order valence-corrected chi connectivity index (χ4v) is 5.81. The first-order valence-corrected chi connectivity index (χ1v) is 17.3. The molecular weight excluding hydrogens is 697 g/mol. The summed E-state index contributed by atoms with van der Waals surface area (Å²) < 4.78 is 53.8. The molecule has 15 nitrogen and oxygen atoms in total. The van der Waals surface area contributed by atoms with E-state index in [0.717, 1.165) is 82.3 Å². The first kappa shape index (κ1) is 37.6. The van der Waals surface area contributed by atoms with E-state index >= 15 is 0 Å². The predicted octanol–water partition coefficient (Wildman–Crippen LogP) is 3.59. The Kier molecular flexibility index (Phi) is 12.5. The van der Waals surface area contributed by atoms with Crippen LogP contribution in [0.5, 0.6) is 5.88 Å². The average Bonchev–Trinajstić information content (AvgIpc) is 3.57. The van der Waals surface area contributed by atoms with Gasteiger partial charge in [0.1, 0.15) is 12.1 Å². The van der Waals surface area contributed by atoms with E-state index in [0.29, 0.717) is 49.3 Å². The molecule has 1 aromatic carbocycles. The number of halogens is 3. The summed E-state index contributed by atoms with van der Waals surface area (Å²) in [5.41, 5.74) is 2.84. The van der Waals surface area contributed by atoms with E-state index < -0.39 is 18.1 Å². The number of hydrogen-bond donors (Lipinski definition) is 3. The summed E-state index contributed by atoms with van der Waals surface area (Å²) >= 11 is 0. The van der Waals surface area contributed by atoms with Crippen molar-refractivity contribution in [3.63, 3.8) is 0 Å². The molecule has 0 saturated carbocycles. The van der Waals surface area contributed by atoms with E-state index in [1.54, 1.807) is 28.9 Å². The van der Waals surface area contributed by atoms with Crippen molar-refractivity contribution in [1.82, 2.24) is 39.8 Å². The highest BCUT2D eigenvalue weighted by Crippen LogP contribution is 2.27. The van der Waals surface area contributed by atoms with Crippen molar-refractivity contribution in [2.75, 3.05) is 82.9 Å². The van der Waals surface area contributed by atoms with Crippen LogP contribution in [0.4, 0.5) is 30.4 Å². The van der Waals surface area contributed by atoms with Crippen LogP contribution in [0.15, 0.2) is 55.0 Å². The van der Waals surface area contributed by atoms with E-state index in [4.69, 9.17) is 9.47 Å². The third-order valence-electron chi connectivity index (χ3n) is 8.67. The maximum Gasteiger partial charge on any atom is 0.574 e. The minimum Gasteiger partial charge on any atom is -0.388 e. The summed E-state index contributed by atoms with van der Waals surface area (Å²) in [6.45, 7) is 10.1. The van der Waals surface area contributed by atoms with Crippen LogP contribution >= 0.6 is 0 Å². The lowest BCUT2D eigenvalue weighted by molar-refractivity contribution is -0.276. The molecule has 53 heavy (non-hydrogen) atoms. The fraction of sp³-hybridized carbons (Fsp3) is 0.429. The van der Waals surface area contributed by atoms with Gasteiger partial charge in [0.2, 0.25) is 5.88 Å². The molecule has 0 bridgehead atoms. The maximum absolute atomic E-state index is 13.3. The summed E-state index contributed by atoms with van der Waals surface area (Å²) in [4.78, 5) is 43.4. The molecule has 6 rings (SSSR count). The third kappa shape index (κ3) is 10.9. The van der Waals surface area contributed by atoms with E-state index in [9.17, 15) is 22.8 Å². The molecule has 2 aliphatic rings. The Bertz CT molecular complexity index is 1840. The molecule has 2 fully saturated rings. The predicted molar refractivity (Wildman–Crippen MR) is 188 cm³/mol. The molecule has 18 heteroatoms. The zero-order valence-electron chi connectivity index (χ0n) is 29.2. The minimum absolute atomic E-state index is 0.0291. The van der Waals surface area contributed by atoms with Gasteiger partial charge in [0, 0.05) is 80.7 Å².